The zero-order valence-corrected chi connectivity index (χ0v) is 13.4. The van der Waals surface area contributed by atoms with Crippen molar-refractivity contribution in [2.75, 3.05) is 0 Å². The van der Waals surface area contributed by atoms with Gasteiger partial charge >= 0.3 is 0 Å². The molecule has 0 radical (unpaired) electrons. The van der Waals surface area contributed by atoms with Crippen LogP contribution in [0.15, 0.2) is 33.7 Å². The standard InChI is InChI=1S/C15H16N4O3S/c1-11-17-14(18-22-11)15(8-2-3-9-15)19-23(20,21)13-6-4-12(10-16)5-7-13/h4-7,19H,2-3,8-9H2,1H3. The van der Waals surface area contributed by atoms with Gasteiger partial charge in [-0.2, -0.15) is 15.0 Å². The minimum atomic E-state index is -3.75. The van der Waals surface area contributed by atoms with Gasteiger partial charge in [-0.05, 0) is 37.1 Å². The molecule has 0 bridgehead atoms. The number of hydrogen-bond acceptors (Lipinski definition) is 6. The van der Waals surface area contributed by atoms with Crippen LogP contribution in [0.4, 0.5) is 0 Å². The average Bonchev–Trinajstić information content (AvgIpc) is 3.17. The van der Waals surface area contributed by atoms with E-state index in [1.165, 1.54) is 24.3 Å². The van der Waals surface area contributed by atoms with Crippen LogP contribution in [0.2, 0.25) is 0 Å². The summed E-state index contributed by atoms with van der Waals surface area (Å²) in [7, 11) is -3.75. The summed E-state index contributed by atoms with van der Waals surface area (Å²) >= 11 is 0. The highest BCUT2D eigenvalue weighted by Gasteiger charge is 2.43. The van der Waals surface area contributed by atoms with Crippen LogP contribution in [0.3, 0.4) is 0 Å². The van der Waals surface area contributed by atoms with E-state index in [4.69, 9.17) is 9.78 Å². The van der Waals surface area contributed by atoms with Gasteiger partial charge in [-0.25, -0.2) is 8.42 Å². The van der Waals surface area contributed by atoms with Crippen molar-refractivity contribution in [2.45, 2.75) is 43.0 Å². The lowest BCUT2D eigenvalue weighted by Gasteiger charge is -2.26. The van der Waals surface area contributed by atoms with Gasteiger partial charge < -0.3 is 4.52 Å². The molecule has 0 spiro atoms. The molecule has 7 nitrogen and oxygen atoms in total. The summed E-state index contributed by atoms with van der Waals surface area (Å²) in [6, 6.07) is 7.77. The molecule has 8 heteroatoms. The molecule has 23 heavy (non-hydrogen) atoms. The van der Waals surface area contributed by atoms with Crippen molar-refractivity contribution in [1.29, 1.82) is 5.26 Å². The zero-order chi connectivity index (χ0) is 16.5. The first-order valence-corrected chi connectivity index (χ1v) is 8.78. The number of hydrogen-bond donors (Lipinski definition) is 1. The maximum atomic E-state index is 12.7. The minimum Gasteiger partial charge on any atom is -0.340 e. The molecule has 2 aromatic rings. The number of benzene rings is 1. The largest absolute Gasteiger partial charge is 0.340 e. The molecular formula is C15H16N4O3S. The molecule has 1 saturated carbocycles. The predicted molar refractivity (Wildman–Crippen MR) is 80.7 cm³/mol. The maximum absolute atomic E-state index is 12.7. The Morgan fingerprint density at radius 1 is 1.26 bits per heavy atom. The quantitative estimate of drug-likeness (QED) is 0.917. The lowest BCUT2D eigenvalue weighted by molar-refractivity contribution is 0.338. The van der Waals surface area contributed by atoms with Gasteiger partial charge in [0.2, 0.25) is 15.9 Å². The van der Waals surface area contributed by atoms with Gasteiger partial charge in [0.05, 0.1) is 22.1 Å². The first-order valence-electron chi connectivity index (χ1n) is 7.30. The normalized spacial score (nSPS) is 17.0. The molecule has 1 aliphatic rings. The Kier molecular flexibility index (Phi) is 3.92. The fraction of sp³-hybridized carbons (Fsp3) is 0.400. The molecule has 0 atom stereocenters. The fourth-order valence-electron chi connectivity index (χ4n) is 2.87. The van der Waals surface area contributed by atoms with E-state index in [0.29, 0.717) is 30.1 Å². The molecule has 1 fully saturated rings. The molecule has 1 aromatic heterocycles. The summed E-state index contributed by atoms with van der Waals surface area (Å²) in [5, 5.41) is 12.7. The first kappa shape index (κ1) is 15.6. The van der Waals surface area contributed by atoms with Crippen LogP contribution in [-0.4, -0.2) is 18.6 Å². The van der Waals surface area contributed by atoms with Crippen LogP contribution in [0.25, 0.3) is 0 Å². The second kappa shape index (κ2) is 5.76. The summed E-state index contributed by atoms with van der Waals surface area (Å²) < 4.78 is 33.2. The van der Waals surface area contributed by atoms with Crippen molar-refractivity contribution in [3.05, 3.63) is 41.5 Å². The molecule has 120 valence electrons. The van der Waals surface area contributed by atoms with Gasteiger partial charge in [-0.15, -0.1) is 0 Å². The lowest BCUT2D eigenvalue weighted by atomic mass is 9.99. The second-order valence-corrected chi connectivity index (χ2v) is 7.35. The Hall–Kier alpha value is -2.24. The van der Waals surface area contributed by atoms with Crippen LogP contribution in [0, 0.1) is 18.3 Å². The van der Waals surface area contributed by atoms with E-state index in [0.717, 1.165) is 12.8 Å². The number of sulfonamides is 1. The van der Waals surface area contributed by atoms with Gasteiger partial charge in [-0.1, -0.05) is 18.0 Å². The second-order valence-electron chi connectivity index (χ2n) is 5.67. The highest BCUT2D eigenvalue weighted by atomic mass is 32.2. The van der Waals surface area contributed by atoms with Crippen LogP contribution >= 0.6 is 0 Å². The van der Waals surface area contributed by atoms with Crippen molar-refractivity contribution in [2.24, 2.45) is 0 Å². The van der Waals surface area contributed by atoms with Crippen molar-refractivity contribution < 1.29 is 12.9 Å². The smallest absolute Gasteiger partial charge is 0.241 e. The highest BCUT2D eigenvalue weighted by molar-refractivity contribution is 7.89. The molecule has 3 rings (SSSR count). The number of nitrogens with one attached hydrogen (secondary N) is 1. The molecular weight excluding hydrogens is 316 g/mol. The molecule has 0 amide bonds. The van der Waals surface area contributed by atoms with E-state index >= 15 is 0 Å². The topological polar surface area (TPSA) is 109 Å². The van der Waals surface area contributed by atoms with E-state index < -0.39 is 15.6 Å². The fourth-order valence-corrected chi connectivity index (χ4v) is 4.29. The maximum Gasteiger partial charge on any atom is 0.241 e. The van der Waals surface area contributed by atoms with E-state index in [9.17, 15) is 8.42 Å². The summed E-state index contributed by atoms with van der Waals surface area (Å²) in [5.41, 5.74) is -0.418. The molecule has 1 N–H and O–H groups in total. The van der Waals surface area contributed by atoms with E-state index in [-0.39, 0.29) is 4.90 Å². The Balaban J connectivity index is 1.94. The van der Waals surface area contributed by atoms with Gasteiger partial charge in [0.15, 0.2) is 5.82 Å². The zero-order valence-electron chi connectivity index (χ0n) is 12.6. The predicted octanol–water partition coefficient (Wildman–Crippen LogP) is 2.00. The number of rotatable bonds is 4. The van der Waals surface area contributed by atoms with Crippen molar-refractivity contribution in [3.63, 3.8) is 0 Å². The molecule has 0 aliphatic heterocycles. The number of nitriles is 1. The monoisotopic (exact) mass is 332 g/mol. The first-order chi connectivity index (χ1) is 11.0. The van der Waals surface area contributed by atoms with E-state index in [1.54, 1.807) is 6.92 Å². The van der Waals surface area contributed by atoms with Crippen molar-refractivity contribution in [3.8, 4) is 6.07 Å². The van der Waals surface area contributed by atoms with Crippen LogP contribution < -0.4 is 4.72 Å². The minimum absolute atomic E-state index is 0.114. The van der Waals surface area contributed by atoms with Gasteiger partial charge in [0.1, 0.15) is 0 Å². The summed E-state index contributed by atoms with van der Waals surface area (Å²) in [4.78, 5) is 4.34. The van der Waals surface area contributed by atoms with Crippen LogP contribution in [0.5, 0.6) is 0 Å². The van der Waals surface area contributed by atoms with Crippen LogP contribution in [0.1, 0.15) is 43.0 Å². The Bertz CT molecular complexity index is 844. The molecule has 1 aliphatic carbocycles. The Morgan fingerprint density at radius 2 is 1.91 bits per heavy atom. The third kappa shape index (κ3) is 2.98. The van der Waals surface area contributed by atoms with E-state index in [1.807, 2.05) is 6.07 Å². The van der Waals surface area contributed by atoms with Gasteiger partial charge in [0.25, 0.3) is 0 Å². The molecule has 1 heterocycles. The number of aryl methyl sites for hydroxylation is 1. The van der Waals surface area contributed by atoms with Gasteiger partial charge in [-0.3, -0.25) is 0 Å². The van der Waals surface area contributed by atoms with Gasteiger partial charge in [0, 0.05) is 6.92 Å². The molecule has 0 saturated heterocycles. The third-order valence-electron chi connectivity index (χ3n) is 4.04. The molecule has 0 unspecified atom stereocenters. The summed E-state index contributed by atoms with van der Waals surface area (Å²) in [6.07, 6.45) is 3.04. The van der Waals surface area contributed by atoms with E-state index in [2.05, 4.69) is 14.9 Å². The summed E-state index contributed by atoms with van der Waals surface area (Å²) in [5.74, 6) is 0.786. The van der Waals surface area contributed by atoms with Crippen molar-refractivity contribution in [1.82, 2.24) is 14.9 Å². The third-order valence-corrected chi connectivity index (χ3v) is 5.59. The Labute approximate surface area is 134 Å². The Morgan fingerprint density at radius 3 is 2.43 bits per heavy atom. The summed E-state index contributed by atoms with van der Waals surface area (Å²) in [6.45, 7) is 1.67. The number of nitrogens with zero attached hydrogens (tertiary/aromatic N) is 3. The highest BCUT2D eigenvalue weighted by Crippen LogP contribution is 2.38. The molecule has 1 aromatic carbocycles. The number of aromatic nitrogens is 2. The van der Waals surface area contributed by atoms with Crippen molar-refractivity contribution >= 4 is 10.0 Å². The SMILES string of the molecule is Cc1nc(C2(NS(=O)(=O)c3ccc(C#N)cc3)CCCC2)no1. The van der Waals surface area contributed by atoms with Crippen LogP contribution in [-0.2, 0) is 15.6 Å². The average molecular weight is 332 g/mol. The lowest BCUT2D eigenvalue weighted by Crippen LogP contribution is -2.44.